The smallest absolute Gasteiger partial charge is 0.320 e. The van der Waals surface area contributed by atoms with E-state index < -0.39 is 5.97 Å². The third kappa shape index (κ3) is 3.83. The number of benzene rings is 1. The van der Waals surface area contributed by atoms with Gasteiger partial charge in [-0.05, 0) is 49.9 Å². The quantitative estimate of drug-likeness (QED) is 0.923. The zero-order chi connectivity index (χ0) is 15.6. The van der Waals surface area contributed by atoms with Crippen molar-refractivity contribution >= 4 is 5.97 Å². The van der Waals surface area contributed by atoms with E-state index in [1.165, 1.54) is 22.3 Å². The van der Waals surface area contributed by atoms with Gasteiger partial charge in [-0.2, -0.15) is 0 Å². The van der Waals surface area contributed by atoms with Gasteiger partial charge in [0.15, 0.2) is 0 Å². The van der Waals surface area contributed by atoms with Crippen molar-refractivity contribution in [2.24, 2.45) is 0 Å². The van der Waals surface area contributed by atoms with Crippen molar-refractivity contribution < 1.29 is 9.90 Å². The summed E-state index contributed by atoms with van der Waals surface area (Å²) >= 11 is 0. The van der Waals surface area contributed by atoms with E-state index in [0.717, 1.165) is 32.7 Å². The van der Waals surface area contributed by atoms with Gasteiger partial charge in [0, 0.05) is 32.7 Å². The molecule has 1 fully saturated rings. The van der Waals surface area contributed by atoms with Crippen LogP contribution >= 0.6 is 0 Å². The maximum atomic E-state index is 11.0. The molecular formula is C17H26N2O2. The highest BCUT2D eigenvalue weighted by Gasteiger charge is 2.25. The summed E-state index contributed by atoms with van der Waals surface area (Å²) in [5, 5.41) is 9.07. The maximum absolute atomic E-state index is 11.0. The fraction of sp³-hybridized carbons (Fsp3) is 0.588. The third-order valence-corrected chi connectivity index (χ3v) is 4.66. The lowest BCUT2D eigenvalue weighted by atomic mass is 10.0. The molecule has 1 aromatic carbocycles. The van der Waals surface area contributed by atoms with Gasteiger partial charge in [-0.3, -0.25) is 14.6 Å². The maximum Gasteiger partial charge on any atom is 0.320 e. The molecule has 0 bridgehead atoms. The van der Waals surface area contributed by atoms with Crippen LogP contribution in [-0.2, 0) is 11.3 Å². The average molecular weight is 290 g/mol. The van der Waals surface area contributed by atoms with E-state index in [1.807, 2.05) is 4.90 Å². The number of rotatable bonds is 4. The molecule has 1 aliphatic rings. The minimum absolute atomic E-state index is 0.379. The highest BCUT2D eigenvalue weighted by Crippen LogP contribution is 2.18. The van der Waals surface area contributed by atoms with E-state index in [4.69, 9.17) is 5.11 Å². The molecule has 0 aliphatic carbocycles. The number of hydrogen-bond donors (Lipinski definition) is 1. The Morgan fingerprint density at radius 1 is 1.10 bits per heavy atom. The van der Waals surface area contributed by atoms with Gasteiger partial charge < -0.3 is 5.11 Å². The Morgan fingerprint density at radius 2 is 1.67 bits per heavy atom. The van der Waals surface area contributed by atoms with Gasteiger partial charge in [0.2, 0.25) is 0 Å². The number of piperazine rings is 1. The molecule has 0 aromatic heterocycles. The molecule has 0 spiro atoms. The third-order valence-electron chi connectivity index (χ3n) is 4.66. The molecule has 0 saturated carbocycles. The monoisotopic (exact) mass is 290 g/mol. The van der Waals surface area contributed by atoms with E-state index in [1.54, 1.807) is 6.92 Å². The Balaban J connectivity index is 1.95. The molecule has 1 saturated heterocycles. The van der Waals surface area contributed by atoms with Crippen LogP contribution in [0.3, 0.4) is 0 Å². The molecule has 1 heterocycles. The van der Waals surface area contributed by atoms with E-state index in [-0.39, 0.29) is 6.04 Å². The summed E-state index contributed by atoms with van der Waals surface area (Å²) < 4.78 is 0. The van der Waals surface area contributed by atoms with Crippen LogP contribution in [0.15, 0.2) is 12.1 Å². The van der Waals surface area contributed by atoms with Crippen molar-refractivity contribution in [3.05, 3.63) is 34.4 Å². The lowest BCUT2D eigenvalue weighted by Crippen LogP contribution is -2.51. The SMILES string of the molecule is Cc1cc(C)c(CN2CCN(C(C)C(=O)O)CC2)cc1C. The average Bonchev–Trinajstić information content (AvgIpc) is 2.44. The lowest BCUT2D eigenvalue weighted by Gasteiger charge is -2.36. The molecule has 1 atom stereocenters. The first-order valence-corrected chi connectivity index (χ1v) is 7.64. The van der Waals surface area contributed by atoms with Crippen molar-refractivity contribution in [3.63, 3.8) is 0 Å². The zero-order valence-corrected chi connectivity index (χ0v) is 13.5. The number of carbonyl (C=O) groups is 1. The van der Waals surface area contributed by atoms with Gasteiger partial charge in [-0.25, -0.2) is 0 Å². The van der Waals surface area contributed by atoms with Crippen molar-refractivity contribution in [2.45, 2.75) is 40.3 Å². The molecule has 0 amide bonds. The van der Waals surface area contributed by atoms with Crippen molar-refractivity contribution in [1.29, 1.82) is 0 Å². The van der Waals surface area contributed by atoms with Crippen molar-refractivity contribution in [1.82, 2.24) is 9.80 Å². The summed E-state index contributed by atoms with van der Waals surface area (Å²) in [6.45, 7) is 12.7. The summed E-state index contributed by atoms with van der Waals surface area (Å²) in [5.41, 5.74) is 5.42. The Hall–Kier alpha value is -1.39. The molecule has 4 nitrogen and oxygen atoms in total. The Labute approximate surface area is 127 Å². The molecule has 21 heavy (non-hydrogen) atoms. The molecule has 1 unspecified atom stereocenters. The molecule has 1 aliphatic heterocycles. The molecule has 4 heteroatoms. The first-order valence-electron chi connectivity index (χ1n) is 7.64. The Bertz CT molecular complexity index is 520. The fourth-order valence-electron chi connectivity index (χ4n) is 2.90. The predicted octanol–water partition coefficient (Wildman–Crippen LogP) is 2.20. The highest BCUT2D eigenvalue weighted by atomic mass is 16.4. The second kappa shape index (κ2) is 6.58. The van der Waals surface area contributed by atoms with Crippen LogP contribution in [0.5, 0.6) is 0 Å². The first kappa shape index (κ1) is 16.0. The second-order valence-electron chi connectivity index (χ2n) is 6.19. The van der Waals surface area contributed by atoms with Crippen LogP contribution in [0, 0.1) is 20.8 Å². The van der Waals surface area contributed by atoms with Gasteiger partial charge in [-0.15, -0.1) is 0 Å². The van der Waals surface area contributed by atoms with E-state index in [0.29, 0.717) is 0 Å². The standard InChI is InChI=1S/C17H26N2O2/c1-12-9-14(3)16(10-13(12)2)11-18-5-7-19(8-6-18)15(4)17(20)21/h9-10,15H,5-8,11H2,1-4H3,(H,20,21). The number of hydrogen-bond acceptors (Lipinski definition) is 3. The van der Waals surface area contributed by atoms with E-state index in [2.05, 4.69) is 37.8 Å². The lowest BCUT2D eigenvalue weighted by molar-refractivity contribution is -0.143. The topological polar surface area (TPSA) is 43.8 Å². The summed E-state index contributed by atoms with van der Waals surface area (Å²) in [5.74, 6) is -0.728. The number of nitrogens with zero attached hydrogens (tertiary/aromatic N) is 2. The number of aryl methyl sites for hydroxylation is 3. The van der Waals surface area contributed by atoms with E-state index in [9.17, 15) is 4.79 Å². The summed E-state index contributed by atoms with van der Waals surface area (Å²) in [4.78, 5) is 15.5. The Kier molecular flexibility index (Phi) is 5.01. The van der Waals surface area contributed by atoms with Crippen LogP contribution in [-0.4, -0.2) is 53.1 Å². The van der Waals surface area contributed by atoms with Crippen LogP contribution in [0.1, 0.15) is 29.2 Å². The zero-order valence-electron chi connectivity index (χ0n) is 13.5. The summed E-state index contributed by atoms with van der Waals surface area (Å²) in [7, 11) is 0. The normalized spacial score (nSPS) is 18.7. The van der Waals surface area contributed by atoms with Crippen molar-refractivity contribution in [2.75, 3.05) is 26.2 Å². The largest absolute Gasteiger partial charge is 0.480 e. The van der Waals surface area contributed by atoms with Crippen LogP contribution in [0.4, 0.5) is 0 Å². The summed E-state index contributed by atoms with van der Waals surface area (Å²) in [6, 6.07) is 4.17. The molecule has 116 valence electrons. The minimum atomic E-state index is -0.728. The molecule has 2 rings (SSSR count). The molecule has 1 aromatic rings. The van der Waals surface area contributed by atoms with Gasteiger partial charge in [-0.1, -0.05) is 12.1 Å². The van der Waals surface area contributed by atoms with Gasteiger partial charge in [0.1, 0.15) is 6.04 Å². The predicted molar refractivity (Wildman–Crippen MR) is 84.6 cm³/mol. The van der Waals surface area contributed by atoms with Gasteiger partial charge in [0.05, 0.1) is 0 Å². The van der Waals surface area contributed by atoms with Gasteiger partial charge in [0.25, 0.3) is 0 Å². The number of carboxylic acid groups (broad SMARTS) is 1. The molecule has 1 N–H and O–H groups in total. The summed E-state index contributed by atoms with van der Waals surface area (Å²) in [6.07, 6.45) is 0. The minimum Gasteiger partial charge on any atom is -0.480 e. The first-order chi connectivity index (χ1) is 9.88. The van der Waals surface area contributed by atoms with E-state index >= 15 is 0 Å². The van der Waals surface area contributed by atoms with Crippen LogP contribution in [0.25, 0.3) is 0 Å². The molecule has 0 radical (unpaired) electrons. The van der Waals surface area contributed by atoms with Crippen molar-refractivity contribution in [3.8, 4) is 0 Å². The number of carboxylic acids is 1. The Morgan fingerprint density at radius 3 is 2.24 bits per heavy atom. The highest BCUT2D eigenvalue weighted by molar-refractivity contribution is 5.72. The van der Waals surface area contributed by atoms with Gasteiger partial charge >= 0.3 is 5.97 Å². The molecular weight excluding hydrogens is 264 g/mol. The second-order valence-corrected chi connectivity index (χ2v) is 6.19. The van der Waals surface area contributed by atoms with Crippen LogP contribution in [0.2, 0.25) is 0 Å². The number of aliphatic carboxylic acids is 1. The van der Waals surface area contributed by atoms with Crippen LogP contribution < -0.4 is 0 Å². The fourth-order valence-corrected chi connectivity index (χ4v) is 2.90.